The summed E-state index contributed by atoms with van der Waals surface area (Å²) in [5, 5.41) is 0. The third kappa shape index (κ3) is 2.80. The van der Waals surface area contributed by atoms with Crippen LogP contribution in [0, 0.1) is 5.41 Å². The molecule has 0 saturated heterocycles. The summed E-state index contributed by atoms with van der Waals surface area (Å²) < 4.78 is 0. The molecule has 0 aromatic heterocycles. The maximum absolute atomic E-state index is 10.1. The van der Waals surface area contributed by atoms with Gasteiger partial charge in [-0.2, -0.15) is 0 Å². The number of carbonyl (C=O) groups excluding carboxylic acids is 1. The lowest BCUT2D eigenvalue weighted by molar-refractivity contribution is -0.107. The van der Waals surface area contributed by atoms with E-state index in [9.17, 15) is 4.79 Å². The molecule has 1 heteroatoms. The number of allylic oxidation sites excluding steroid dienone is 2. The molecule has 1 aliphatic rings. The first kappa shape index (κ1) is 9.50. The summed E-state index contributed by atoms with van der Waals surface area (Å²) in [5.74, 6) is 0. The van der Waals surface area contributed by atoms with Crippen molar-refractivity contribution in [2.24, 2.45) is 5.41 Å². The summed E-state index contributed by atoms with van der Waals surface area (Å²) in [4.78, 5) is 10.1. The van der Waals surface area contributed by atoms with Crippen molar-refractivity contribution < 1.29 is 4.79 Å². The average Bonchev–Trinajstić information content (AvgIpc) is 2.31. The third-order valence-corrected chi connectivity index (χ3v) is 2.55. The third-order valence-electron chi connectivity index (χ3n) is 2.55. The van der Waals surface area contributed by atoms with E-state index in [2.05, 4.69) is 19.9 Å². The van der Waals surface area contributed by atoms with Gasteiger partial charge in [-0.15, -0.1) is 0 Å². The highest BCUT2D eigenvalue weighted by Gasteiger charge is 2.25. The first-order valence-corrected chi connectivity index (χ1v) is 4.76. The zero-order valence-electron chi connectivity index (χ0n) is 8.10. The minimum absolute atomic E-state index is 0.507. The van der Waals surface area contributed by atoms with Gasteiger partial charge in [0.2, 0.25) is 0 Å². The fraction of sp³-hybridized carbons (Fsp3) is 0.727. The topological polar surface area (TPSA) is 17.1 Å². The van der Waals surface area contributed by atoms with E-state index in [1.807, 2.05) is 0 Å². The van der Waals surface area contributed by atoms with Gasteiger partial charge in [-0.1, -0.05) is 25.5 Å². The molecule has 0 N–H and O–H groups in total. The van der Waals surface area contributed by atoms with Crippen LogP contribution < -0.4 is 0 Å². The number of rotatable bonds is 3. The molecular formula is C11H18O. The molecule has 0 aromatic rings. The van der Waals surface area contributed by atoms with Crippen LogP contribution in [0.4, 0.5) is 0 Å². The fourth-order valence-electron chi connectivity index (χ4n) is 1.82. The Morgan fingerprint density at radius 3 is 2.67 bits per heavy atom. The summed E-state index contributed by atoms with van der Waals surface area (Å²) in [6.45, 7) is 4.63. The Bertz CT molecular complexity index is 189. The Labute approximate surface area is 74.9 Å². The Kier molecular flexibility index (Phi) is 3.07. The van der Waals surface area contributed by atoms with Crippen molar-refractivity contribution in [1.82, 2.24) is 0 Å². The molecule has 0 radical (unpaired) electrons. The molecule has 1 rings (SSSR count). The van der Waals surface area contributed by atoms with Gasteiger partial charge in [0.25, 0.3) is 0 Å². The maximum Gasteiger partial charge on any atom is 0.120 e. The molecule has 1 nitrogen and oxygen atoms in total. The maximum atomic E-state index is 10.1. The molecule has 0 atom stereocenters. The summed E-state index contributed by atoms with van der Waals surface area (Å²) >= 11 is 0. The summed E-state index contributed by atoms with van der Waals surface area (Å²) in [6, 6.07) is 0. The van der Waals surface area contributed by atoms with Crippen LogP contribution in [0.2, 0.25) is 0 Å². The minimum atomic E-state index is 0.507. The van der Waals surface area contributed by atoms with Gasteiger partial charge in [0, 0.05) is 6.42 Å². The van der Waals surface area contributed by atoms with Gasteiger partial charge in [0.05, 0.1) is 0 Å². The Morgan fingerprint density at radius 1 is 1.42 bits per heavy atom. The highest BCUT2D eigenvalue weighted by molar-refractivity contribution is 5.49. The van der Waals surface area contributed by atoms with Crippen LogP contribution >= 0.6 is 0 Å². The monoisotopic (exact) mass is 166 g/mol. The van der Waals surface area contributed by atoms with Gasteiger partial charge >= 0.3 is 0 Å². The fourth-order valence-corrected chi connectivity index (χ4v) is 1.82. The molecule has 0 amide bonds. The highest BCUT2D eigenvalue weighted by atomic mass is 16.1. The highest BCUT2D eigenvalue weighted by Crippen LogP contribution is 2.40. The van der Waals surface area contributed by atoms with Crippen LogP contribution in [-0.4, -0.2) is 6.29 Å². The molecular weight excluding hydrogens is 148 g/mol. The van der Waals surface area contributed by atoms with Crippen molar-refractivity contribution in [2.75, 3.05) is 0 Å². The normalized spacial score (nSPS) is 24.7. The van der Waals surface area contributed by atoms with Crippen LogP contribution in [0.25, 0.3) is 0 Å². The van der Waals surface area contributed by atoms with E-state index in [1.54, 1.807) is 5.57 Å². The molecule has 12 heavy (non-hydrogen) atoms. The molecule has 68 valence electrons. The Hall–Kier alpha value is -0.590. The molecule has 0 aliphatic heterocycles. The smallest absolute Gasteiger partial charge is 0.120 e. The number of carbonyl (C=O) groups is 1. The second kappa shape index (κ2) is 3.88. The van der Waals surface area contributed by atoms with Crippen molar-refractivity contribution in [3.63, 3.8) is 0 Å². The molecule has 0 aromatic carbocycles. The van der Waals surface area contributed by atoms with Crippen LogP contribution in [-0.2, 0) is 4.79 Å². The lowest BCUT2D eigenvalue weighted by Gasteiger charge is -2.14. The second-order valence-electron chi connectivity index (χ2n) is 4.45. The van der Waals surface area contributed by atoms with Crippen LogP contribution in [0.1, 0.15) is 46.0 Å². The van der Waals surface area contributed by atoms with Crippen LogP contribution in [0.3, 0.4) is 0 Å². The van der Waals surface area contributed by atoms with Crippen molar-refractivity contribution in [3.8, 4) is 0 Å². The van der Waals surface area contributed by atoms with Gasteiger partial charge in [-0.05, 0) is 31.1 Å². The van der Waals surface area contributed by atoms with Crippen LogP contribution in [0.5, 0.6) is 0 Å². The SMILES string of the molecule is CC1(C)CC/C(=C\CCC=O)C1. The predicted molar refractivity (Wildman–Crippen MR) is 51.0 cm³/mol. The van der Waals surface area contributed by atoms with Gasteiger partial charge in [-0.25, -0.2) is 0 Å². The average molecular weight is 166 g/mol. The van der Waals surface area contributed by atoms with E-state index < -0.39 is 0 Å². The zero-order valence-corrected chi connectivity index (χ0v) is 8.10. The van der Waals surface area contributed by atoms with E-state index in [4.69, 9.17) is 0 Å². The number of hydrogen-bond donors (Lipinski definition) is 0. The molecule has 0 spiro atoms. The van der Waals surface area contributed by atoms with Crippen molar-refractivity contribution in [2.45, 2.75) is 46.0 Å². The van der Waals surface area contributed by atoms with Gasteiger partial charge < -0.3 is 4.79 Å². The van der Waals surface area contributed by atoms with E-state index in [0.717, 1.165) is 12.7 Å². The first-order valence-electron chi connectivity index (χ1n) is 4.76. The molecule has 0 unspecified atom stereocenters. The van der Waals surface area contributed by atoms with E-state index in [-0.39, 0.29) is 0 Å². The predicted octanol–water partition coefficient (Wildman–Crippen LogP) is 3.10. The number of aldehydes is 1. The van der Waals surface area contributed by atoms with Crippen LogP contribution in [0.15, 0.2) is 11.6 Å². The molecule has 1 aliphatic carbocycles. The lowest BCUT2D eigenvalue weighted by atomic mass is 9.91. The quantitative estimate of drug-likeness (QED) is 0.357. The second-order valence-corrected chi connectivity index (χ2v) is 4.45. The van der Waals surface area contributed by atoms with E-state index in [1.165, 1.54) is 19.3 Å². The first-order chi connectivity index (χ1) is 5.64. The van der Waals surface area contributed by atoms with Gasteiger partial charge in [0.1, 0.15) is 6.29 Å². The largest absolute Gasteiger partial charge is 0.303 e. The van der Waals surface area contributed by atoms with E-state index >= 15 is 0 Å². The van der Waals surface area contributed by atoms with Crippen molar-refractivity contribution in [1.29, 1.82) is 0 Å². The standard InChI is InChI=1S/C11H18O/c1-11(2)7-6-10(9-11)5-3-4-8-12/h5,8H,3-4,6-7,9H2,1-2H3/b10-5+. The Balaban J connectivity index is 2.35. The number of hydrogen-bond acceptors (Lipinski definition) is 1. The summed E-state index contributed by atoms with van der Waals surface area (Å²) in [7, 11) is 0. The number of unbranched alkanes of at least 4 members (excludes halogenated alkanes) is 1. The molecule has 1 saturated carbocycles. The van der Waals surface area contributed by atoms with Crippen molar-refractivity contribution >= 4 is 6.29 Å². The van der Waals surface area contributed by atoms with Crippen molar-refractivity contribution in [3.05, 3.63) is 11.6 Å². The summed E-state index contributed by atoms with van der Waals surface area (Å²) in [5.41, 5.74) is 2.06. The lowest BCUT2D eigenvalue weighted by Crippen LogP contribution is -2.02. The minimum Gasteiger partial charge on any atom is -0.303 e. The van der Waals surface area contributed by atoms with Gasteiger partial charge in [0.15, 0.2) is 0 Å². The summed E-state index contributed by atoms with van der Waals surface area (Å²) in [6.07, 6.45) is 8.65. The zero-order chi connectivity index (χ0) is 9.03. The molecule has 0 bridgehead atoms. The molecule has 0 heterocycles. The van der Waals surface area contributed by atoms with Gasteiger partial charge in [-0.3, -0.25) is 0 Å². The molecule has 1 fully saturated rings. The van der Waals surface area contributed by atoms with E-state index in [0.29, 0.717) is 11.8 Å². The Morgan fingerprint density at radius 2 is 2.17 bits per heavy atom.